The van der Waals surface area contributed by atoms with Crippen molar-refractivity contribution in [1.82, 2.24) is 14.9 Å². The van der Waals surface area contributed by atoms with Crippen LogP contribution in [0.3, 0.4) is 0 Å². The van der Waals surface area contributed by atoms with Crippen molar-refractivity contribution in [3.8, 4) is 11.5 Å². The number of aromatic nitrogens is 2. The fourth-order valence-corrected chi connectivity index (χ4v) is 3.73. The molecule has 1 aromatic heterocycles. The van der Waals surface area contributed by atoms with Crippen LogP contribution in [0.5, 0.6) is 11.5 Å². The molecule has 2 fully saturated rings. The summed E-state index contributed by atoms with van der Waals surface area (Å²) in [4.78, 5) is 32.3. The molecule has 2 aliphatic rings. The number of aromatic carboxylic acids is 1. The Bertz CT molecular complexity index is 962. The van der Waals surface area contributed by atoms with Gasteiger partial charge in [-0.3, -0.25) is 4.79 Å². The molecule has 1 amide bonds. The van der Waals surface area contributed by atoms with E-state index >= 15 is 0 Å². The van der Waals surface area contributed by atoms with Crippen LogP contribution in [-0.2, 0) is 4.79 Å². The fourth-order valence-electron chi connectivity index (χ4n) is 3.73. The molecule has 0 bridgehead atoms. The molecule has 4 rings (SSSR count). The van der Waals surface area contributed by atoms with Gasteiger partial charge in [0.15, 0.2) is 0 Å². The Morgan fingerprint density at radius 3 is 2.63 bits per heavy atom. The van der Waals surface area contributed by atoms with E-state index in [1.807, 2.05) is 0 Å². The summed E-state index contributed by atoms with van der Waals surface area (Å²) in [5.74, 6) is -2.90. The number of aromatic hydroxyl groups is 1. The van der Waals surface area contributed by atoms with Crippen LogP contribution in [0.1, 0.15) is 40.0 Å². The summed E-state index contributed by atoms with van der Waals surface area (Å²) in [6.45, 7) is 0.444. The number of amides is 1. The van der Waals surface area contributed by atoms with Crippen LogP contribution >= 0.6 is 0 Å². The van der Waals surface area contributed by atoms with Crippen LogP contribution in [0.25, 0.3) is 0 Å². The third-order valence-electron chi connectivity index (χ3n) is 5.56. The number of nitrogens with two attached hydrogens (primary N) is 1. The molecule has 11 nitrogen and oxygen atoms in total. The van der Waals surface area contributed by atoms with Crippen molar-refractivity contribution in [2.75, 3.05) is 13.1 Å². The molecule has 0 unspecified atom stereocenters. The largest absolute Gasteiger partial charge is 0.507 e. The van der Waals surface area contributed by atoms with Crippen LogP contribution in [0.2, 0.25) is 5.82 Å². The van der Waals surface area contributed by atoms with Crippen LogP contribution in [0, 0.1) is 0 Å². The zero-order chi connectivity index (χ0) is 21.6. The minimum absolute atomic E-state index is 0.0146. The number of ether oxygens (including phenoxy) is 1. The first-order valence-electron chi connectivity index (χ1n) is 9.43. The van der Waals surface area contributed by atoms with Crippen molar-refractivity contribution in [3.63, 3.8) is 0 Å². The first-order chi connectivity index (χ1) is 14.3. The molecular weight excluding hydrogens is 395 g/mol. The molecule has 1 aliphatic heterocycles. The van der Waals surface area contributed by atoms with Gasteiger partial charge < -0.3 is 40.6 Å². The van der Waals surface area contributed by atoms with Gasteiger partial charge in [-0.15, -0.1) is 0 Å². The smallest absolute Gasteiger partial charge is 0.455 e. The number of aromatic amines is 1. The number of carboxylic acids is 1. The highest BCUT2D eigenvalue weighted by molar-refractivity contribution is 6.44. The maximum absolute atomic E-state index is 12.4. The first kappa shape index (κ1) is 20.2. The SMILES string of the molecule is N[C@H](C(=O)N1CC(Oc2ccc([C@@H]3C[C@@H]3B(O)O)c(O)c2C(=O)O)C1)c1c[nH]cn1. The highest BCUT2D eigenvalue weighted by Crippen LogP contribution is 2.56. The number of imidazole rings is 1. The summed E-state index contributed by atoms with van der Waals surface area (Å²) < 4.78 is 5.71. The molecule has 3 atom stereocenters. The van der Waals surface area contributed by atoms with E-state index in [2.05, 4.69) is 9.97 Å². The minimum atomic E-state index is -1.52. The molecule has 2 aromatic rings. The van der Waals surface area contributed by atoms with Gasteiger partial charge in [-0.05, 0) is 24.0 Å². The maximum Gasteiger partial charge on any atom is 0.455 e. The Hall–Kier alpha value is -3.09. The standard InChI is InChI=1S/C18H21BN4O7/c20-15(12-4-21-7-22-12)17(25)23-5-8(6-23)30-13-2-1-9(10-3-11(10)19(28)29)16(24)14(13)18(26)27/h1-2,4,7-8,10-11,15,24,28-29H,3,5-6,20H2,(H,21,22)(H,26,27)/t10-,11-,15-/m0/s1. The van der Waals surface area contributed by atoms with Gasteiger partial charge in [0.05, 0.1) is 25.1 Å². The summed E-state index contributed by atoms with van der Waals surface area (Å²) >= 11 is 0. The molecule has 2 heterocycles. The van der Waals surface area contributed by atoms with Crippen molar-refractivity contribution in [1.29, 1.82) is 0 Å². The second kappa shape index (κ2) is 7.63. The predicted molar refractivity (Wildman–Crippen MR) is 103 cm³/mol. The van der Waals surface area contributed by atoms with Gasteiger partial charge in [-0.1, -0.05) is 6.07 Å². The topological polar surface area (TPSA) is 182 Å². The van der Waals surface area contributed by atoms with Crippen LogP contribution in [0.4, 0.5) is 0 Å². The number of hydrogen-bond donors (Lipinski definition) is 6. The molecular formula is C18H21BN4O7. The number of nitrogens with zero attached hydrogens (tertiary/aromatic N) is 2. The number of carbonyl (C=O) groups is 2. The number of phenols is 1. The Kier molecular flexibility index (Phi) is 5.14. The number of likely N-dealkylation sites (tertiary alicyclic amines) is 1. The highest BCUT2D eigenvalue weighted by atomic mass is 16.5. The lowest BCUT2D eigenvalue weighted by molar-refractivity contribution is -0.141. The number of rotatable bonds is 7. The van der Waals surface area contributed by atoms with Gasteiger partial charge in [0.25, 0.3) is 0 Å². The summed E-state index contributed by atoms with van der Waals surface area (Å²) in [5.41, 5.74) is 6.27. The van der Waals surface area contributed by atoms with Gasteiger partial charge in [-0.2, -0.15) is 0 Å². The monoisotopic (exact) mass is 416 g/mol. The first-order valence-corrected chi connectivity index (χ1v) is 9.43. The normalized spacial score (nSPS) is 21.6. The molecule has 1 saturated carbocycles. The Morgan fingerprint density at radius 1 is 1.33 bits per heavy atom. The Morgan fingerprint density at radius 2 is 2.07 bits per heavy atom. The number of carbonyl (C=O) groups excluding carboxylic acids is 1. The third-order valence-corrected chi connectivity index (χ3v) is 5.56. The second-order valence-corrected chi connectivity index (χ2v) is 7.56. The molecule has 0 radical (unpaired) electrons. The molecule has 12 heteroatoms. The Labute approximate surface area is 171 Å². The van der Waals surface area contributed by atoms with E-state index in [4.69, 9.17) is 10.5 Å². The minimum Gasteiger partial charge on any atom is -0.507 e. The van der Waals surface area contributed by atoms with E-state index < -0.39 is 36.8 Å². The number of nitrogens with one attached hydrogen (secondary N) is 1. The van der Waals surface area contributed by atoms with Crippen molar-refractivity contribution < 1.29 is 34.6 Å². The number of hydrogen-bond acceptors (Lipinski definition) is 8. The van der Waals surface area contributed by atoms with E-state index in [9.17, 15) is 29.9 Å². The average molecular weight is 416 g/mol. The van der Waals surface area contributed by atoms with Gasteiger partial charge >= 0.3 is 13.1 Å². The summed E-state index contributed by atoms with van der Waals surface area (Å²) in [7, 11) is -1.52. The maximum atomic E-state index is 12.4. The van der Waals surface area contributed by atoms with E-state index in [0.717, 1.165) is 0 Å². The summed E-state index contributed by atoms with van der Waals surface area (Å²) in [5, 5.41) is 38.5. The third kappa shape index (κ3) is 3.60. The number of H-pyrrole nitrogens is 1. The van der Waals surface area contributed by atoms with Gasteiger partial charge in [0.1, 0.15) is 29.2 Å². The molecule has 1 aliphatic carbocycles. The number of carboxylic acid groups (broad SMARTS) is 1. The van der Waals surface area contributed by atoms with Gasteiger partial charge in [0.2, 0.25) is 5.91 Å². The van der Waals surface area contributed by atoms with Crippen molar-refractivity contribution >= 4 is 19.0 Å². The van der Waals surface area contributed by atoms with Crippen molar-refractivity contribution in [3.05, 3.63) is 41.5 Å². The lowest BCUT2D eigenvalue weighted by atomic mass is 9.81. The van der Waals surface area contributed by atoms with Crippen molar-refractivity contribution in [2.45, 2.75) is 30.3 Å². The quantitative estimate of drug-likeness (QED) is 0.322. The summed E-state index contributed by atoms with van der Waals surface area (Å²) in [6.07, 6.45) is 2.97. The lowest BCUT2D eigenvalue weighted by Crippen LogP contribution is -2.58. The van der Waals surface area contributed by atoms with Crippen molar-refractivity contribution in [2.24, 2.45) is 5.73 Å². The lowest BCUT2D eigenvalue weighted by Gasteiger charge is -2.40. The predicted octanol–water partition coefficient (Wildman–Crippen LogP) is -0.567. The molecule has 30 heavy (non-hydrogen) atoms. The van der Waals surface area contributed by atoms with E-state index in [0.29, 0.717) is 17.7 Å². The molecule has 1 saturated heterocycles. The highest BCUT2D eigenvalue weighted by Gasteiger charge is 2.48. The summed E-state index contributed by atoms with van der Waals surface area (Å²) in [6, 6.07) is 2.07. The van der Waals surface area contributed by atoms with E-state index in [1.54, 1.807) is 6.20 Å². The van der Waals surface area contributed by atoms with Gasteiger partial charge in [0, 0.05) is 12.0 Å². The van der Waals surface area contributed by atoms with E-state index in [1.165, 1.54) is 23.4 Å². The zero-order valence-electron chi connectivity index (χ0n) is 15.8. The van der Waals surface area contributed by atoms with Gasteiger partial charge in [-0.25, -0.2) is 9.78 Å². The van der Waals surface area contributed by atoms with E-state index in [-0.39, 0.29) is 36.2 Å². The van der Waals surface area contributed by atoms with Crippen LogP contribution in [-0.4, -0.2) is 73.3 Å². The van der Waals surface area contributed by atoms with Crippen LogP contribution in [0.15, 0.2) is 24.7 Å². The average Bonchev–Trinajstić information content (AvgIpc) is 3.27. The second-order valence-electron chi connectivity index (χ2n) is 7.56. The zero-order valence-corrected chi connectivity index (χ0v) is 15.8. The molecule has 1 aromatic carbocycles. The number of benzene rings is 1. The molecule has 7 N–H and O–H groups in total. The Balaban J connectivity index is 1.42. The van der Waals surface area contributed by atoms with Crippen LogP contribution < -0.4 is 10.5 Å². The molecule has 158 valence electrons. The molecule has 0 spiro atoms. The fraction of sp³-hybridized carbons (Fsp3) is 0.389.